The smallest absolute Gasteiger partial charge is 0.332 e. The lowest BCUT2D eigenvalue weighted by Gasteiger charge is -2.31. The fourth-order valence-corrected chi connectivity index (χ4v) is 4.90. The molecule has 2 aliphatic heterocycles. The molecule has 1 amide bonds. The molecule has 2 N–H and O–H groups in total. The van der Waals surface area contributed by atoms with Crippen molar-refractivity contribution >= 4 is 28.6 Å². The van der Waals surface area contributed by atoms with Gasteiger partial charge in [-0.15, -0.1) is 0 Å². The number of aromatic nitrogens is 4. The van der Waals surface area contributed by atoms with Gasteiger partial charge < -0.3 is 15.2 Å². The van der Waals surface area contributed by atoms with Crippen molar-refractivity contribution in [2.24, 2.45) is 12.8 Å². The van der Waals surface area contributed by atoms with Gasteiger partial charge in [0.2, 0.25) is 5.95 Å². The minimum atomic E-state index is -0.475. The van der Waals surface area contributed by atoms with Gasteiger partial charge in [0.25, 0.3) is 11.5 Å². The first-order valence-electron chi connectivity index (χ1n) is 12.1. The Morgan fingerprint density at radius 2 is 1.89 bits per heavy atom. The van der Waals surface area contributed by atoms with Crippen molar-refractivity contribution in [1.29, 1.82) is 0 Å². The van der Waals surface area contributed by atoms with Crippen LogP contribution in [0.1, 0.15) is 42.6 Å². The first-order valence-corrected chi connectivity index (χ1v) is 12.1. The molecule has 0 aliphatic carbocycles. The van der Waals surface area contributed by atoms with Crippen LogP contribution in [-0.2, 0) is 20.1 Å². The Kier molecular flexibility index (Phi) is 6.13. The highest BCUT2D eigenvalue weighted by Crippen LogP contribution is 2.26. The van der Waals surface area contributed by atoms with E-state index in [0.717, 1.165) is 25.0 Å². The van der Waals surface area contributed by atoms with Crippen molar-refractivity contribution in [3.8, 4) is 0 Å². The zero-order valence-electron chi connectivity index (χ0n) is 20.8. The highest BCUT2D eigenvalue weighted by atomic mass is 16.2. The molecule has 187 valence electrons. The van der Waals surface area contributed by atoms with E-state index in [-0.39, 0.29) is 18.5 Å². The number of hydrogen-bond acceptors (Lipinski definition) is 6. The number of nitrogens with two attached hydrogens (primary N) is 1. The van der Waals surface area contributed by atoms with E-state index in [4.69, 9.17) is 10.7 Å². The number of hydrogen-bond donors (Lipinski definition) is 1. The summed E-state index contributed by atoms with van der Waals surface area (Å²) in [5, 5.41) is 3.96. The van der Waals surface area contributed by atoms with Gasteiger partial charge in [0, 0.05) is 44.5 Å². The van der Waals surface area contributed by atoms with Crippen LogP contribution in [0.3, 0.4) is 0 Å². The van der Waals surface area contributed by atoms with E-state index in [1.54, 1.807) is 25.2 Å². The number of aryl methyl sites for hydroxylation is 1. The zero-order chi connectivity index (χ0) is 25.6. The Labute approximate surface area is 208 Å². The fourth-order valence-electron chi connectivity index (χ4n) is 4.90. The number of nitrogens with zero attached hydrogens (tertiary/aromatic N) is 6. The van der Waals surface area contributed by atoms with Crippen molar-refractivity contribution in [1.82, 2.24) is 24.0 Å². The first kappa shape index (κ1) is 23.8. The van der Waals surface area contributed by atoms with Gasteiger partial charge in [-0.1, -0.05) is 29.8 Å². The molecule has 2 aliphatic rings. The lowest BCUT2D eigenvalue weighted by atomic mass is 9.97. The number of piperidine rings is 1. The predicted molar refractivity (Wildman–Crippen MR) is 139 cm³/mol. The molecule has 10 nitrogen and oxygen atoms in total. The van der Waals surface area contributed by atoms with Crippen LogP contribution in [0.2, 0.25) is 0 Å². The summed E-state index contributed by atoms with van der Waals surface area (Å²) in [6.07, 6.45) is 5.36. The van der Waals surface area contributed by atoms with E-state index < -0.39 is 11.2 Å². The molecule has 2 aromatic heterocycles. The molecule has 1 radical (unpaired) electrons. The number of fused-ring (bicyclic) bond motifs is 2. The van der Waals surface area contributed by atoms with Crippen LogP contribution < -0.4 is 27.2 Å². The Balaban J connectivity index is 1.68. The van der Waals surface area contributed by atoms with Gasteiger partial charge in [0.05, 0.1) is 6.54 Å². The van der Waals surface area contributed by atoms with Crippen LogP contribution in [0.25, 0.3) is 16.7 Å². The molecule has 1 fully saturated rings. The number of rotatable bonds is 5. The van der Waals surface area contributed by atoms with Crippen molar-refractivity contribution < 1.29 is 4.79 Å². The summed E-state index contributed by atoms with van der Waals surface area (Å²) in [6.45, 7) is 5.87. The number of imidazole rings is 1. The predicted octanol–water partition coefficient (Wildman–Crippen LogP) is 1.59. The Morgan fingerprint density at radius 3 is 2.61 bits per heavy atom. The minimum absolute atomic E-state index is 0.00696. The van der Waals surface area contributed by atoms with Gasteiger partial charge in [-0.2, -0.15) is 4.98 Å². The molecule has 10 heteroatoms. The second kappa shape index (κ2) is 9.27. The molecule has 0 bridgehead atoms. The lowest BCUT2D eigenvalue weighted by Crippen LogP contribution is -2.44. The van der Waals surface area contributed by atoms with Crippen molar-refractivity contribution in [2.75, 3.05) is 18.0 Å². The quantitative estimate of drug-likeness (QED) is 0.544. The molecule has 0 saturated carbocycles. The van der Waals surface area contributed by atoms with E-state index in [1.807, 2.05) is 30.6 Å². The van der Waals surface area contributed by atoms with Crippen LogP contribution in [0, 0.1) is 0 Å². The summed E-state index contributed by atoms with van der Waals surface area (Å²) in [6, 6.07) is 7.11. The summed E-state index contributed by atoms with van der Waals surface area (Å²) in [5.74, 6) is 0.305. The summed E-state index contributed by atoms with van der Waals surface area (Å²) in [5.41, 5.74) is 8.91. The molecule has 5 rings (SSSR count). The SMILES string of the molecule is CC(C)=CCn1c(N2CCCC(N)C2)nc2c1c(=O)n(CC1=C[N]C(=O)c3ccccc31)c(=O)n2C. The molecule has 4 heterocycles. The number of allylic oxidation sites excluding steroid dienone is 3. The van der Waals surface area contributed by atoms with Crippen LogP contribution in [0.4, 0.5) is 5.95 Å². The Bertz CT molecular complexity index is 1540. The van der Waals surface area contributed by atoms with E-state index in [9.17, 15) is 14.4 Å². The van der Waals surface area contributed by atoms with Gasteiger partial charge >= 0.3 is 5.69 Å². The van der Waals surface area contributed by atoms with Gasteiger partial charge in [0.15, 0.2) is 11.2 Å². The summed E-state index contributed by atoms with van der Waals surface area (Å²) in [4.78, 5) is 46.4. The molecule has 0 spiro atoms. The topological polar surface area (TPSA) is 122 Å². The van der Waals surface area contributed by atoms with Crippen LogP contribution in [0.5, 0.6) is 0 Å². The Morgan fingerprint density at radius 1 is 1.14 bits per heavy atom. The van der Waals surface area contributed by atoms with Crippen LogP contribution >= 0.6 is 0 Å². The van der Waals surface area contributed by atoms with Gasteiger partial charge in [-0.25, -0.2) is 10.1 Å². The summed E-state index contributed by atoms with van der Waals surface area (Å²) in [7, 11) is 1.63. The van der Waals surface area contributed by atoms with E-state index in [2.05, 4.69) is 10.2 Å². The second-order valence-corrected chi connectivity index (χ2v) is 9.69. The average molecular weight is 489 g/mol. The summed E-state index contributed by atoms with van der Waals surface area (Å²) >= 11 is 0. The molecule has 36 heavy (non-hydrogen) atoms. The minimum Gasteiger partial charge on any atom is -0.341 e. The number of benzene rings is 1. The van der Waals surface area contributed by atoms with Crippen LogP contribution in [0.15, 0.2) is 51.7 Å². The molecular formula is C26H30N7O3. The van der Waals surface area contributed by atoms with Gasteiger partial charge in [-0.3, -0.25) is 18.7 Å². The first-order chi connectivity index (χ1) is 17.3. The molecule has 1 saturated heterocycles. The average Bonchev–Trinajstić information content (AvgIpc) is 3.25. The third kappa shape index (κ3) is 4.07. The van der Waals surface area contributed by atoms with E-state index >= 15 is 0 Å². The highest BCUT2D eigenvalue weighted by molar-refractivity contribution is 6.02. The molecule has 3 aromatic rings. The number of amides is 1. The van der Waals surface area contributed by atoms with Crippen LogP contribution in [-0.4, -0.2) is 43.7 Å². The third-order valence-electron chi connectivity index (χ3n) is 6.80. The molecular weight excluding hydrogens is 458 g/mol. The zero-order valence-corrected chi connectivity index (χ0v) is 20.8. The summed E-state index contributed by atoms with van der Waals surface area (Å²) < 4.78 is 4.50. The van der Waals surface area contributed by atoms with Crippen molar-refractivity contribution in [3.63, 3.8) is 0 Å². The normalized spacial score (nSPS) is 17.6. The Hall–Kier alpha value is -3.92. The van der Waals surface area contributed by atoms with Gasteiger partial charge in [0.1, 0.15) is 0 Å². The van der Waals surface area contributed by atoms with Crippen molar-refractivity contribution in [2.45, 2.75) is 45.8 Å². The number of carbonyl (C=O) groups excluding carboxylic acids is 1. The number of anilines is 1. The molecule has 1 atom stereocenters. The highest BCUT2D eigenvalue weighted by Gasteiger charge is 2.27. The monoisotopic (exact) mass is 488 g/mol. The largest absolute Gasteiger partial charge is 0.341 e. The maximum atomic E-state index is 13.9. The van der Waals surface area contributed by atoms with Gasteiger partial charge in [-0.05, 0) is 43.9 Å². The fraction of sp³-hybridized carbons (Fsp3) is 0.385. The molecule has 1 aromatic carbocycles. The maximum Gasteiger partial charge on any atom is 0.332 e. The third-order valence-corrected chi connectivity index (χ3v) is 6.80. The van der Waals surface area contributed by atoms with E-state index in [0.29, 0.717) is 46.9 Å². The maximum absolute atomic E-state index is 13.9. The van der Waals surface area contributed by atoms with E-state index in [1.165, 1.54) is 15.3 Å². The standard InChI is InChI=1S/C26H30N7O3/c1-16(2)10-12-32-21-22(29-25(32)31-11-6-7-18(27)15-31)30(3)26(36)33(24(21)35)14-17-13-28-23(34)20-9-5-4-8-19(17)20/h4-5,8-10,13,18H,6-7,11-12,14-15,27H2,1-3H3. The number of carbonyl (C=O) groups is 1. The van der Waals surface area contributed by atoms with Crippen molar-refractivity contribution in [3.05, 3.63) is 74.1 Å². The second-order valence-electron chi connectivity index (χ2n) is 9.69. The lowest BCUT2D eigenvalue weighted by molar-refractivity contribution is 0.0964. The molecule has 1 unspecified atom stereocenters.